The van der Waals surface area contributed by atoms with Gasteiger partial charge in [-0.15, -0.1) is 0 Å². The smallest absolute Gasteiger partial charge is 0.335 e. The zero-order valence-electron chi connectivity index (χ0n) is 15.9. The summed E-state index contributed by atoms with van der Waals surface area (Å²) in [6.45, 7) is 4.62. The van der Waals surface area contributed by atoms with E-state index < -0.39 is 5.97 Å². The van der Waals surface area contributed by atoms with Crippen molar-refractivity contribution in [2.45, 2.75) is 33.0 Å². The number of carbonyl (C=O) groups excluding carboxylic acids is 1. The maximum Gasteiger partial charge on any atom is 0.335 e. The SMILES string of the molecule is CC(C)N(Cc1ccccc1)C(=O)/C(C#N)=C\NCc1ccc(C(=O)O)cc1. The van der Waals surface area contributed by atoms with Crippen molar-refractivity contribution in [1.82, 2.24) is 10.2 Å². The third-order valence-electron chi connectivity index (χ3n) is 4.18. The summed E-state index contributed by atoms with van der Waals surface area (Å²) in [6, 6.07) is 17.9. The van der Waals surface area contributed by atoms with E-state index in [1.807, 2.05) is 50.2 Å². The van der Waals surface area contributed by atoms with Crippen LogP contribution < -0.4 is 5.32 Å². The minimum absolute atomic E-state index is 0.0202. The van der Waals surface area contributed by atoms with Crippen molar-refractivity contribution in [3.8, 4) is 6.07 Å². The van der Waals surface area contributed by atoms with Crippen LogP contribution in [0.15, 0.2) is 66.4 Å². The third-order valence-corrected chi connectivity index (χ3v) is 4.18. The normalized spacial score (nSPS) is 11.0. The number of benzene rings is 2. The number of nitriles is 1. The molecule has 2 N–H and O–H groups in total. The van der Waals surface area contributed by atoms with Crippen molar-refractivity contribution in [3.63, 3.8) is 0 Å². The number of rotatable bonds is 8. The topological polar surface area (TPSA) is 93.4 Å². The minimum Gasteiger partial charge on any atom is -0.478 e. The summed E-state index contributed by atoms with van der Waals surface area (Å²) in [5, 5.41) is 21.3. The van der Waals surface area contributed by atoms with Crippen LogP contribution in [-0.4, -0.2) is 27.9 Å². The highest BCUT2D eigenvalue weighted by atomic mass is 16.4. The summed E-state index contributed by atoms with van der Waals surface area (Å²) >= 11 is 0. The molecule has 0 unspecified atom stereocenters. The first-order valence-electron chi connectivity index (χ1n) is 8.93. The lowest BCUT2D eigenvalue weighted by Crippen LogP contribution is -2.37. The molecule has 0 radical (unpaired) electrons. The highest BCUT2D eigenvalue weighted by Gasteiger charge is 2.21. The predicted octanol–water partition coefficient (Wildman–Crippen LogP) is 3.32. The summed E-state index contributed by atoms with van der Waals surface area (Å²) in [7, 11) is 0. The van der Waals surface area contributed by atoms with E-state index in [9.17, 15) is 14.9 Å². The maximum atomic E-state index is 12.8. The van der Waals surface area contributed by atoms with E-state index in [-0.39, 0.29) is 23.1 Å². The number of nitrogens with zero attached hydrogens (tertiary/aromatic N) is 2. The van der Waals surface area contributed by atoms with E-state index in [0.717, 1.165) is 11.1 Å². The van der Waals surface area contributed by atoms with Crippen LogP contribution in [0.2, 0.25) is 0 Å². The Morgan fingerprint density at radius 2 is 1.75 bits per heavy atom. The molecule has 0 atom stereocenters. The Kier molecular flexibility index (Phi) is 7.35. The lowest BCUT2D eigenvalue weighted by molar-refractivity contribution is -0.129. The summed E-state index contributed by atoms with van der Waals surface area (Å²) in [6.07, 6.45) is 1.41. The molecule has 144 valence electrons. The number of carboxylic acid groups (broad SMARTS) is 1. The first-order chi connectivity index (χ1) is 13.4. The van der Waals surface area contributed by atoms with Crippen LogP contribution in [0.4, 0.5) is 0 Å². The Hall–Kier alpha value is -3.59. The Morgan fingerprint density at radius 3 is 2.29 bits per heavy atom. The van der Waals surface area contributed by atoms with Gasteiger partial charge >= 0.3 is 5.97 Å². The van der Waals surface area contributed by atoms with Gasteiger partial charge in [0.25, 0.3) is 5.91 Å². The van der Waals surface area contributed by atoms with E-state index in [2.05, 4.69) is 5.32 Å². The molecule has 1 amide bonds. The van der Waals surface area contributed by atoms with Crippen molar-refractivity contribution in [1.29, 1.82) is 5.26 Å². The van der Waals surface area contributed by atoms with Crippen molar-refractivity contribution in [2.24, 2.45) is 0 Å². The minimum atomic E-state index is -0.982. The number of aromatic carboxylic acids is 1. The van der Waals surface area contributed by atoms with E-state index in [4.69, 9.17) is 5.11 Å². The van der Waals surface area contributed by atoms with Crippen molar-refractivity contribution >= 4 is 11.9 Å². The van der Waals surface area contributed by atoms with Gasteiger partial charge in [0.1, 0.15) is 11.6 Å². The highest BCUT2D eigenvalue weighted by molar-refractivity contribution is 5.97. The average Bonchev–Trinajstić information content (AvgIpc) is 2.70. The largest absolute Gasteiger partial charge is 0.478 e. The summed E-state index contributed by atoms with van der Waals surface area (Å²) in [5.74, 6) is -1.32. The first kappa shape index (κ1) is 20.7. The van der Waals surface area contributed by atoms with Gasteiger partial charge in [0.15, 0.2) is 0 Å². The lowest BCUT2D eigenvalue weighted by atomic mass is 10.1. The first-order valence-corrected chi connectivity index (χ1v) is 8.93. The Balaban J connectivity index is 2.05. The highest BCUT2D eigenvalue weighted by Crippen LogP contribution is 2.12. The molecule has 0 aliphatic carbocycles. The van der Waals surface area contributed by atoms with Crippen LogP contribution in [0.5, 0.6) is 0 Å². The molecule has 0 heterocycles. The van der Waals surface area contributed by atoms with Gasteiger partial charge in [-0.05, 0) is 37.1 Å². The van der Waals surface area contributed by atoms with Crippen LogP contribution >= 0.6 is 0 Å². The number of carbonyl (C=O) groups is 2. The molecule has 0 saturated heterocycles. The van der Waals surface area contributed by atoms with Gasteiger partial charge in [0, 0.05) is 25.3 Å². The average molecular weight is 377 g/mol. The van der Waals surface area contributed by atoms with Crippen LogP contribution in [0.3, 0.4) is 0 Å². The lowest BCUT2D eigenvalue weighted by Gasteiger charge is -2.26. The molecular formula is C22H23N3O3. The summed E-state index contributed by atoms with van der Waals surface area (Å²) in [4.78, 5) is 25.3. The van der Waals surface area contributed by atoms with Crippen LogP contribution in [-0.2, 0) is 17.9 Å². The number of hydrogen-bond donors (Lipinski definition) is 2. The molecular weight excluding hydrogens is 354 g/mol. The monoisotopic (exact) mass is 377 g/mol. The van der Waals surface area contributed by atoms with Gasteiger partial charge in [0.2, 0.25) is 0 Å². The van der Waals surface area contributed by atoms with E-state index in [1.165, 1.54) is 18.3 Å². The maximum absolute atomic E-state index is 12.8. The molecule has 0 aliphatic rings. The van der Waals surface area contributed by atoms with Gasteiger partial charge in [-0.3, -0.25) is 4.79 Å². The number of carboxylic acids is 1. The van der Waals surface area contributed by atoms with Crippen LogP contribution in [0.1, 0.15) is 35.3 Å². The predicted molar refractivity (Wildman–Crippen MR) is 106 cm³/mol. The van der Waals surface area contributed by atoms with Crippen LogP contribution in [0.25, 0.3) is 0 Å². The fourth-order valence-corrected chi connectivity index (χ4v) is 2.60. The molecule has 0 aliphatic heterocycles. The van der Waals surface area contributed by atoms with Crippen LogP contribution in [0, 0.1) is 11.3 Å². The second-order valence-corrected chi connectivity index (χ2v) is 6.57. The van der Waals surface area contributed by atoms with Gasteiger partial charge in [-0.25, -0.2) is 4.79 Å². The molecule has 0 bridgehead atoms. The Morgan fingerprint density at radius 1 is 1.11 bits per heavy atom. The standard InChI is InChI=1S/C22H23N3O3/c1-16(2)25(15-18-6-4-3-5-7-18)21(26)20(12-23)14-24-13-17-8-10-19(11-9-17)22(27)28/h3-11,14,16,24H,13,15H2,1-2H3,(H,27,28)/b20-14-. The van der Waals surface area contributed by atoms with Crippen molar-refractivity contribution in [3.05, 3.63) is 83.1 Å². The Labute approximate surface area is 164 Å². The molecule has 2 aromatic carbocycles. The van der Waals surface area contributed by atoms with Crippen molar-refractivity contribution < 1.29 is 14.7 Å². The van der Waals surface area contributed by atoms with Gasteiger partial charge in [0.05, 0.1) is 5.56 Å². The van der Waals surface area contributed by atoms with E-state index >= 15 is 0 Å². The zero-order chi connectivity index (χ0) is 20.5. The fraction of sp³-hybridized carbons (Fsp3) is 0.227. The molecule has 28 heavy (non-hydrogen) atoms. The van der Waals surface area contributed by atoms with E-state index in [1.54, 1.807) is 17.0 Å². The number of hydrogen-bond acceptors (Lipinski definition) is 4. The quantitative estimate of drug-likeness (QED) is 0.544. The fourth-order valence-electron chi connectivity index (χ4n) is 2.60. The van der Waals surface area contributed by atoms with E-state index in [0.29, 0.717) is 13.1 Å². The van der Waals surface area contributed by atoms with Gasteiger partial charge in [-0.2, -0.15) is 5.26 Å². The molecule has 0 spiro atoms. The zero-order valence-corrected chi connectivity index (χ0v) is 15.9. The summed E-state index contributed by atoms with van der Waals surface area (Å²) < 4.78 is 0. The second-order valence-electron chi connectivity index (χ2n) is 6.57. The molecule has 6 nitrogen and oxygen atoms in total. The molecule has 2 rings (SSSR count). The second kappa shape index (κ2) is 9.93. The van der Waals surface area contributed by atoms with Gasteiger partial charge in [-0.1, -0.05) is 42.5 Å². The molecule has 2 aromatic rings. The molecule has 0 saturated carbocycles. The molecule has 0 fully saturated rings. The van der Waals surface area contributed by atoms with Crippen molar-refractivity contribution in [2.75, 3.05) is 0 Å². The summed E-state index contributed by atoms with van der Waals surface area (Å²) in [5.41, 5.74) is 2.07. The molecule has 6 heteroatoms. The Bertz CT molecular complexity index is 881. The third kappa shape index (κ3) is 5.71. The number of nitrogens with one attached hydrogen (secondary N) is 1. The number of amides is 1. The molecule has 0 aromatic heterocycles. The van der Waals surface area contributed by atoms with Gasteiger partial charge < -0.3 is 15.3 Å².